The number of carbonyl (C=O) groups is 1. The standard InChI is InChI=1S/C20H24FN3O3/c1-24(2)6-5-12(11-24)9-22-17-8-18-14(7-16(17)21)19(25)15(20(26)27)10-23(18)13-3-4-13/h7-8,10,12-13H,3-6,9,11H2,1-2H3,(H-,22,25,26,27)/p+1. The molecule has 6 nitrogen and oxygen atoms in total. The van der Waals surface area contributed by atoms with Gasteiger partial charge in [0.25, 0.3) is 0 Å². The van der Waals surface area contributed by atoms with Crippen molar-refractivity contribution >= 4 is 22.6 Å². The lowest BCUT2D eigenvalue weighted by Crippen LogP contribution is -2.37. The number of benzene rings is 1. The molecule has 0 amide bonds. The number of rotatable bonds is 5. The first-order valence-electron chi connectivity index (χ1n) is 9.43. The highest BCUT2D eigenvalue weighted by molar-refractivity contribution is 5.93. The molecule has 1 aromatic carbocycles. The molecule has 27 heavy (non-hydrogen) atoms. The average Bonchev–Trinajstić information content (AvgIpc) is 3.37. The van der Waals surface area contributed by atoms with Gasteiger partial charge in [-0.05, 0) is 25.0 Å². The zero-order chi connectivity index (χ0) is 19.3. The number of aromatic nitrogens is 1. The first-order chi connectivity index (χ1) is 12.7. The van der Waals surface area contributed by atoms with Crippen LogP contribution in [0.1, 0.15) is 35.7 Å². The highest BCUT2D eigenvalue weighted by atomic mass is 19.1. The second-order valence-corrected chi connectivity index (χ2v) is 8.54. The number of carboxylic acid groups (broad SMARTS) is 1. The summed E-state index contributed by atoms with van der Waals surface area (Å²) in [6.07, 6.45) is 4.38. The number of aromatic carboxylic acids is 1. The molecule has 4 rings (SSSR count). The van der Waals surface area contributed by atoms with Crippen LogP contribution in [0.3, 0.4) is 0 Å². The third kappa shape index (κ3) is 3.43. The van der Waals surface area contributed by atoms with Crippen LogP contribution in [0.25, 0.3) is 10.9 Å². The minimum Gasteiger partial charge on any atom is -0.477 e. The minimum absolute atomic E-state index is 0.128. The quantitative estimate of drug-likeness (QED) is 0.790. The first kappa shape index (κ1) is 18.0. The van der Waals surface area contributed by atoms with E-state index >= 15 is 0 Å². The van der Waals surface area contributed by atoms with E-state index in [4.69, 9.17) is 0 Å². The molecule has 1 atom stereocenters. The summed E-state index contributed by atoms with van der Waals surface area (Å²) in [5.41, 5.74) is 0.0330. The van der Waals surface area contributed by atoms with Gasteiger partial charge in [0.1, 0.15) is 11.4 Å². The summed E-state index contributed by atoms with van der Waals surface area (Å²) in [7, 11) is 4.40. The lowest BCUT2D eigenvalue weighted by Gasteiger charge is -2.23. The average molecular weight is 374 g/mol. The van der Waals surface area contributed by atoms with E-state index in [1.165, 1.54) is 12.3 Å². The number of hydrogen-bond donors (Lipinski definition) is 2. The zero-order valence-corrected chi connectivity index (χ0v) is 15.7. The molecule has 2 fully saturated rings. The Morgan fingerprint density at radius 1 is 1.33 bits per heavy atom. The number of quaternary nitrogens is 1. The van der Waals surface area contributed by atoms with Crippen LogP contribution in [-0.4, -0.2) is 53.9 Å². The zero-order valence-electron chi connectivity index (χ0n) is 15.7. The number of fused-ring (bicyclic) bond motifs is 1. The number of nitrogens with one attached hydrogen (secondary N) is 1. The molecule has 1 aliphatic carbocycles. The van der Waals surface area contributed by atoms with Gasteiger partial charge >= 0.3 is 5.97 Å². The van der Waals surface area contributed by atoms with Crippen molar-refractivity contribution in [3.05, 3.63) is 39.9 Å². The van der Waals surface area contributed by atoms with Gasteiger partial charge in [0.2, 0.25) is 5.43 Å². The maximum absolute atomic E-state index is 14.6. The fourth-order valence-electron chi connectivity index (χ4n) is 4.15. The van der Waals surface area contributed by atoms with Gasteiger partial charge in [0.15, 0.2) is 0 Å². The van der Waals surface area contributed by atoms with E-state index in [1.807, 2.05) is 4.57 Å². The normalized spacial score (nSPS) is 21.5. The Balaban J connectivity index is 1.70. The molecule has 2 heterocycles. The molecule has 1 saturated carbocycles. The smallest absolute Gasteiger partial charge is 0.341 e. The molecule has 144 valence electrons. The molecule has 1 aromatic heterocycles. The van der Waals surface area contributed by atoms with Crippen LogP contribution in [0.5, 0.6) is 0 Å². The van der Waals surface area contributed by atoms with Crippen molar-refractivity contribution < 1.29 is 18.8 Å². The number of halogens is 1. The number of anilines is 1. The van der Waals surface area contributed by atoms with E-state index in [9.17, 15) is 19.1 Å². The molecule has 2 aromatic rings. The van der Waals surface area contributed by atoms with Crippen LogP contribution < -0.4 is 10.7 Å². The molecule has 0 bridgehead atoms. The summed E-state index contributed by atoms with van der Waals surface area (Å²) in [5.74, 6) is -1.31. The van der Waals surface area contributed by atoms with Crippen molar-refractivity contribution in [1.82, 2.24) is 4.57 Å². The van der Waals surface area contributed by atoms with Crippen LogP contribution in [0.2, 0.25) is 0 Å². The fraction of sp³-hybridized carbons (Fsp3) is 0.500. The number of carboxylic acids is 1. The van der Waals surface area contributed by atoms with Crippen LogP contribution in [0, 0.1) is 11.7 Å². The number of pyridine rings is 1. The van der Waals surface area contributed by atoms with Crippen molar-refractivity contribution in [3.63, 3.8) is 0 Å². The second-order valence-electron chi connectivity index (χ2n) is 8.54. The van der Waals surface area contributed by atoms with Crippen LogP contribution in [0.4, 0.5) is 10.1 Å². The minimum atomic E-state index is -1.28. The molecular formula is C20H25FN3O3+. The Kier molecular flexibility index (Phi) is 4.22. The Morgan fingerprint density at radius 3 is 2.67 bits per heavy atom. The molecule has 0 spiro atoms. The van der Waals surface area contributed by atoms with Crippen LogP contribution in [-0.2, 0) is 0 Å². The monoisotopic (exact) mass is 374 g/mol. The maximum Gasteiger partial charge on any atom is 0.341 e. The van der Waals surface area contributed by atoms with Crippen LogP contribution >= 0.6 is 0 Å². The Bertz CT molecular complexity index is 979. The summed E-state index contributed by atoms with van der Waals surface area (Å²) in [6.45, 7) is 2.85. The van der Waals surface area contributed by atoms with Crippen molar-refractivity contribution in [2.75, 3.05) is 39.0 Å². The molecule has 2 aliphatic rings. The van der Waals surface area contributed by atoms with Crippen molar-refractivity contribution in [1.29, 1.82) is 0 Å². The van der Waals surface area contributed by atoms with Gasteiger partial charge in [-0.3, -0.25) is 4.79 Å². The molecule has 1 saturated heterocycles. The molecule has 7 heteroatoms. The fourth-order valence-corrected chi connectivity index (χ4v) is 4.15. The van der Waals surface area contributed by atoms with Gasteiger partial charge in [0, 0.05) is 36.5 Å². The van der Waals surface area contributed by atoms with Gasteiger partial charge in [-0.2, -0.15) is 0 Å². The van der Waals surface area contributed by atoms with Crippen LogP contribution in [0.15, 0.2) is 23.1 Å². The van der Waals surface area contributed by atoms with Gasteiger partial charge in [0.05, 0.1) is 38.4 Å². The molecule has 2 N–H and O–H groups in total. The SMILES string of the molecule is C[N+]1(C)CCC(CNc2cc3c(cc2F)c(=O)c(C(=O)O)cn3C2CC2)C1. The number of likely N-dealkylation sites (tertiary alicyclic amines) is 1. The summed E-state index contributed by atoms with van der Waals surface area (Å²) >= 11 is 0. The van der Waals surface area contributed by atoms with Gasteiger partial charge < -0.3 is 19.5 Å². The van der Waals surface area contributed by atoms with Gasteiger partial charge in [-0.15, -0.1) is 0 Å². The molecule has 1 aliphatic heterocycles. The Hall–Kier alpha value is -2.41. The largest absolute Gasteiger partial charge is 0.477 e. The third-order valence-electron chi connectivity index (χ3n) is 5.77. The van der Waals surface area contributed by atoms with Crippen molar-refractivity contribution in [3.8, 4) is 0 Å². The number of hydrogen-bond acceptors (Lipinski definition) is 3. The van der Waals surface area contributed by atoms with E-state index in [0.717, 1.165) is 36.8 Å². The van der Waals surface area contributed by atoms with Crippen molar-refractivity contribution in [2.24, 2.45) is 5.92 Å². The highest BCUT2D eigenvalue weighted by Crippen LogP contribution is 2.37. The lowest BCUT2D eigenvalue weighted by molar-refractivity contribution is -0.879. The second kappa shape index (κ2) is 6.34. The molecule has 0 radical (unpaired) electrons. The summed E-state index contributed by atoms with van der Waals surface area (Å²) in [5, 5.41) is 12.6. The number of nitrogens with zero attached hydrogens (tertiary/aromatic N) is 2. The van der Waals surface area contributed by atoms with E-state index in [2.05, 4.69) is 19.4 Å². The third-order valence-corrected chi connectivity index (χ3v) is 5.77. The lowest BCUT2D eigenvalue weighted by atomic mass is 10.1. The van der Waals surface area contributed by atoms with Gasteiger partial charge in [-0.25, -0.2) is 9.18 Å². The predicted octanol–water partition coefficient (Wildman–Crippen LogP) is 2.68. The Morgan fingerprint density at radius 2 is 2.07 bits per heavy atom. The van der Waals surface area contributed by atoms with Crippen molar-refractivity contribution in [2.45, 2.75) is 25.3 Å². The van der Waals surface area contributed by atoms with Gasteiger partial charge in [-0.1, -0.05) is 0 Å². The van der Waals surface area contributed by atoms with E-state index in [1.54, 1.807) is 6.07 Å². The molecule has 1 unspecified atom stereocenters. The summed E-state index contributed by atoms with van der Waals surface area (Å²) in [4.78, 5) is 23.9. The summed E-state index contributed by atoms with van der Waals surface area (Å²) < 4.78 is 17.4. The van der Waals surface area contributed by atoms with E-state index in [0.29, 0.717) is 23.7 Å². The van der Waals surface area contributed by atoms with E-state index < -0.39 is 17.2 Å². The predicted molar refractivity (Wildman–Crippen MR) is 102 cm³/mol. The maximum atomic E-state index is 14.6. The topological polar surface area (TPSA) is 71.3 Å². The first-order valence-corrected chi connectivity index (χ1v) is 9.43. The highest BCUT2D eigenvalue weighted by Gasteiger charge is 2.31. The summed E-state index contributed by atoms with van der Waals surface area (Å²) in [6, 6.07) is 3.02. The molecular weight excluding hydrogens is 349 g/mol. The Labute approximate surface area is 156 Å². The van der Waals surface area contributed by atoms with E-state index in [-0.39, 0.29) is 17.0 Å².